The molecule has 0 N–H and O–H groups in total. The molecule has 3 heteroatoms. The summed E-state index contributed by atoms with van der Waals surface area (Å²) in [7, 11) is 0. The van der Waals surface area contributed by atoms with Gasteiger partial charge in [-0.05, 0) is 23.6 Å². The zero-order valence-electron chi connectivity index (χ0n) is 9.01. The number of benzene rings is 1. The van der Waals surface area contributed by atoms with E-state index in [1.165, 1.54) is 12.1 Å². The van der Waals surface area contributed by atoms with Crippen LogP contribution in [0.2, 0.25) is 0 Å². The second kappa shape index (κ2) is 3.98. The predicted octanol–water partition coefficient (Wildman–Crippen LogP) is 3.79. The number of nitriles is 1. The topological polar surface area (TPSA) is 23.8 Å². The van der Waals surface area contributed by atoms with Gasteiger partial charge in [0.2, 0.25) is 0 Å². The molecule has 0 fully saturated rings. The van der Waals surface area contributed by atoms with E-state index in [1.807, 2.05) is 13.8 Å². The molecule has 80 valence electrons. The van der Waals surface area contributed by atoms with Gasteiger partial charge in [-0.25, -0.2) is 8.78 Å². The van der Waals surface area contributed by atoms with E-state index < -0.39 is 5.92 Å². The van der Waals surface area contributed by atoms with E-state index in [4.69, 9.17) is 5.26 Å². The van der Waals surface area contributed by atoms with Gasteiger partial charge in [0, 0.05) is 12.5 Å². The van der Waals surface area contributed by atoms with Gasteiger partial charge in [-0.15, -0.1) is 0 Å². The third-order valence-electron chi connectivity index (χ3n) is 2.30. The van der Waals surface area contributed by atoms with Crippen molar-refractivity contribution in [3.8, 4) is 6.07 Å². The smallest absolute Gasteiger partial charge is 0.202 e. The molecule has 0 saturated carbocycles. The molecule has 1 aromatic carbocycles. The molecule has 1 aromatic rings. The molecule has 15 heavy (non-hydrogen) atoms. The van der Waals surface area contributed by atoms with Gasteiger partial charge in [0.25, 0.3) is 5.92 Å². The SMILES string of the molecule is CC(C)c1ccc(C#N)c(C(C)(F)F)c1. The molecule has 1 nitrogen and oxygen atoms in total. The number of hydrogen-bond acceptors (Lipinski definition) is 1. The van der Waals surface area contributed by atoms with Gasteiger partial charge in [0.15, 0.2) is 0 Å². The lowest BCUT2D eigenvalue weighted by Gasteiger charge is -2.15. The Kier molecular flexibility index (Phi) is 3.09. The second-order valence-electron chi connectivity index (χ2n) is 3.96. The van der Waals surface area contributed by atoms with Crippen LogP contribution in [0.4, 0.5) is 8.78 Å². The van der Waals surface area contributed by atoms with Gasteiger partial charge in [-0.3, -0.25) is 0 Å². The fraction of sp³-hybridized carbons (Fsp3) is 0.417. The van der Waals surface area contributed by atoms with Crippen molar-refractivity contribution in [2.45, 2.75) is 32.6 Å². The molecule has 0 spiro atoms. The molecule has 0 aromatic heterocycles. The normalized spacial score (nSPS) is 11.5. The van der Waals surface area contributed by atoms with Crippen LogP contribution < -0.4 is 0 Å². The average Bonchev–Trinajstić information content (AvgIpc) is 2.15. The van der Waals surface area contributed by atoms with Crippen molar-refractivity contribution in [2.75, 3.05) is 0 Å². The predicted molar refractivity (Wildman–Crippen MR) is 54.8 cm³/mol. The third-order valence-corrected chi connectivity index (χ3v) is 2.30. The Balaban J connectivity index is 3.34. The van der Waals surface area contributed by atoms with Crippen LogP contribution >= 0.6 is 0 Å². The van der Waals surface area contributed by atoms with E-state index in [2.05, 4.69) is 0 Å². The van der Waals surface area contributed by atoms with Crippen LogP contribution in [0, 0.1) is 11.3 Å². The third kappa shape index (κ3) is 2.53. The first-order valence-electron chi connectivity index (χ1n) is 4.78. The van der Waals surface area contributed by atoms with Crippen LogP contribution in [0.5, 0.6) is 0 Å². The van der Waals surface area contributed by atoms with E-state index in [1.54, 1.807) is 12.1 Å². The van der Waals surface area contributed by atoms with Crippen LogP contribution in [-0.2, 0) is 5.92 Å². The molecule has 0 radical (unpaired) electrons. The Bertz CT molecular complexity index is 397. The Morgan fingerprint density at radius 2 is 1.93 bits per heavy atom. The first-order chi connectivity index (χ1) is 6.86. The van der Waals surface area contributed by atoms with E-state index >= 15 is 0 Å². The second-order valence-corrected chi connectivity index (χ2v) is 3.96. The summed E-state index contributed by atoms with van der Waals surface area (Å²) in [5.41, 5.74) is 0.689. The maximum atomic E-state index is 13.2. The lowest BCUT2D eigenvalue weighted by atomic mass is 9.95. The Morgan fingerprint density at radius 1 is 1.33 bits per heavy atom. The van der Waals surface area contributed by atoms with Crippen molar-refractivity contribution < 1.29 is 8.78 Å². The molecule has 0 amide bonds. The monoisotopic (exact) mass is 209 g/mol. The summed E-state index contributed by atoms with van der Waals surface area (Å²) in [6, 6.07) is 6.39. The van der Waals surface area contributed by atoms with Crippen LogP contribution in [0.25, 0.3) is 0 Å². The molecule has 0 bridgehead atoms. The Hall–Kier alpha value is -1.43. The number of halogens is 2. The first-order valence-corrected chi connectivity index (χ1v) is 4.78. The van der Waals surface area contributed by atoms with Gasteiger partial charge in [0.1, 0.15) is 0 Å². The lowest BCUT2D eigenvalue weighted by Crippen LogP contribution is -2.10. The van der Waals surface area contributed by atoms with Gasteiger partial charge in [-0.1, -0.05) is 19.9 Å². The molecular weight excluding hydrogens is 196 g/mol. The molecule has 0 aliphatic rings. The van der Waals surface area contributed by atoms with Gasteiger partial charge < -0.3 is 0 Å². The van der Waals surface area contributed by atoms with Crippen LogP contribution in [0.15, 0.2) is 18.2 Å². The molecule has 0 aliphatic heterocycles. The minimum Gasteiger partial charge on any atom is -0.202 e. The molecular formula is C12H13F2N. The van der Waals surface area contributed by atoms with Crippen molar-refractivity contribution in [1.82, 2.24) is 0 Å². The fourth-order valence-electron chi connectivity index (χ4n) is 1.38. The quantitative estimate of drug-likeness (QED) is 0.726. The Labute approximate surface area is 88.3 Å². The molecule has 1 rings (SSSR count). The lowest BCUT2D eigenvalue weighted by molar-refractivity contribution is 0.0171. The number of nitrogens with zero attached hydrogens (tertiary/aromatic N) is 1. The van der Waals surface area contributed by atoms with Gasteiger partial charge in [0.05, 0.1) is 11.6 Å². The summed E-state index contributed by atoms with van der Waals surface area (Å²) in [5, 5.41) is 8.73. The number of alkyl halides is 2. The van der Waals surface area contributed by atoms with Crippen molar-refractivity contribution in [2.24, 2.45) is 0 Å². The molecule has 0 unspecified atom stereocenters. The highest BCUT2D eigenvalue weighted by molar-refractivity contribution is 5.43. The Morgan fingerprint density at radius 3 is 2.33 bits per heavy atom. The highest BCUT2D eigenvalue weighted by atomic mass is 19.3. The minimum atomic E-state index is -2.96. The summed E-state index contributed by atoms with van der Waals surface area (Å²) in [5.74, 6) is -2.78. The zero-order valence-corrected chi connectivity index (χ0v) is 9.01. The van der Waals surface area contributed by atoms with Crippen LogP contribution in [0.1, 0.15) is 43.4 Å². The highest BCUT2D eigenvalue weighted by Crippen LogP contribution is 2.31. The largest absolute Gasteiger partial charge is 0.271 e. The van der Waals surface area contributed by atoms with E-state index in [-0.39, 0.29) is 17.0 Å². The maximum absolute atomic E-state index is 13.2. The summed E-state index contributed by atoms with van der Waals surface area (Å²) in [4.78, 5) is 0. The summed E-state index contributed by atoms with van der Waals surface area (Å²) in [6.45, 7) is 4.67. The minimum absolute atomic E-state index is 0.0481. The van der Waals surface area contributed by atoms with E-state index in [0.29, 0.717) is 0 Å². The van der Waals surface area contributed by atoms with E-state index in [0.717, 1.165) is 12.5 Å². The van der Waals surface area contributed by atoms with Crippen molar-refractivity contribution in [1.29, 1.82) is 5.26 Å². The standard InChI is InChI=1S/C12H13F2N/c1-8(2)9-4-5-10(7-15)11(6-9)12(3,13)14/h4-6,8H,1-3H3. The molecule has 0 saturated heterocycles. The molecule has 0 heterocycles. The van der Waals surface area contributed by atoms with Crippen LogP contribution in [0.3, 0.4) is 0 Å². The van der Waals surface area contributed by atoms with E-state index in [9.17, 15) is 8.78 Å². The number of rotatable bonds is 2. The van der Waals surface area contributed by atoms with Gasteiger partial charge in [-0.2, -0.15) is 5.26 Å². The summed E-state index contributed by atoms with van der Waals surface area (Å²) < 4.78 is 26.4. The average molecular weight is 209 g/mol. The molecule has 0 aliphatic carbocycles. The van der Waals surface area contributed by atoms with Crippen molar-refractivity contribution in [3.63, 3.8) is 0 Å². The van der Waals surface area contributed by atoms with Crippen molar-refractivity contribution in [3.05, 3.63) is 34.9 Å². The highest BCUT2D eigenvalue weighted by Gasteiger charge is 2.28. The van der Waals surface area contributed by atoms with Crippen LogP contribution in [-0.4, -0.2) is 0 Å². The molecule has 0 atom stereocenters. The summed E-state index contributed by atoms with van der Waals surface area (Å²) >= 11 is 0. The summed E-state index contributed by atoms with van der Waals surface area (Å²) in [6.07, 6.45) is 0. The number of hydrogen-bond donors (Lipinski definition) is 0. The fourth-order valence-corrected chi connectivity index (χ4v) is 1.38. The van der Waals surface area contributed by atoms with Gasteiger partial charge >= 0.3 is 0 Å². The zero-order chi connectivity index (χ0) is 11.6. The maximum Gasteiger partial charge on any atom is 0.271 e. The van der Waals surface area contributed by atoms with Crippen molar-refractivity contribution >= 4 is 0 Å². The first kappa shape index (κ1) is 11.6.